The highest BCUT2D eigenvalue weighted by Crippen LogP contribution is 2.19. The molecule has 2 aromatic rings. The number of anilines is 1. The molecule has 128 valence electrons. The molecule has 0 radical (unpaired) electrons. The van der Waals surface area contributed by atoms with Crippen LogP contribution >= 0.6 is 11.6 Å². The lowest BCUT2D eigenvalue weighted by molar-refractivity contribution is -0.115. The largest absolute Gasteiger partial charge is 0.497 e. The van der Waals surface area contributed by atoms with E-state index in [0.717, 1.165) is 0 Å². The summed E-state index contributed by atoms with van der Waals surface area (Å²) >= 11 is 5.88. The van der Waals surface area contributed by atoms with E-state index in [9.17, 15) is 13.2 Å². The Morgan fingerprint density at radius 3 is 2.62 bits per heavy atom. The van der Waals surface area contributed by atoms with Crippen molar-refractivity contribution in [2.45, 2.75) is 11.8 Å². The molecule has 2 rings (SSSR count). The van der Waals surface area contributed by atoms with E-state index in [1.807, 2.05) is 0 Å². The van der Waals surface area contributed by atoms with Crippen LogP contribution in [0.2, 0.25) is 5.02 Å². The van der Waals surface area contributed by atoms with Gasteiger partial charge in [-0.15, -0.1) is 0 Å². The predicted octanol–water partition coefficient (Wildman–Crippen LogP) is 2.57. The van der Waals surface area contributed by atoms with E-state index in [1.54, 1.807) is 31.2 Å². The van der Waals surface area contributed by atoms with Gasteiger partial charge in [-0.1, -0.05) is 17.7 Å². The van der Waals surface area contributed by atoms with Crippen LogP contribution in [-0.4, -0.2) is 28.0 Å². The van der Waals surface area contributed by atoms with Crippen molar-refractivity contribution in [2.24, 2.45) is 0 Å². The third-order valence-corrected chi connectivity index (χ3v) is 5.04. The summed E-state index contributed by atoms with van der Waals surface area (Å²) in [6.07, 6.45) is 0. The number of hydrogen-bond donors (Lipinski definition) is 2. The van der Waals surface area contributed by atoms with E-state index in [4.69, 9.17) is 16.3 Å². The van der Waals surface area contributed by atoms with Crippen molar-refractivity contribution in [1.29, 1.82) is 0 Å². The number of carbonyl (C=O) groups excluding carboxylic acids is 1. The van der Waals surface area contributed by atoms with Gasteiger partial charge in [-0.3, -0.25) is 4.79 Å². The third-order valence-electron chi connectivity index (χ3n) is 3.22. The molecule has 0 atom stereocenters. The first-order valence-corrected chi connectivity index (χ1v) is 8.87. The van der Waals surface area contributed by atoms with Gasteiger partial charge in [-0.25, -0.2) is 13.1 Å². The van der Waals surface area contributed by atoms with Gasteiger partial charge in [-0.05, 0) is 42.8 Å². The van der Waals surface area contributed by atoms with Crippen LogP contribution in [0.5, 0.6) is 5.75 Å². The molecule has 0 saturated carbocycles. The van der Waals surface area contributed by atoms with Crippen LogP contribution in [0.15, 0.2) is 47.4 Å². The number of hydrogen-bond acceptors (Lipinski definition) is 4. The van der Waals surface area contributed by atoms with Crippen molar-refractivity contribution in [3.8, 4) is 5.75 Å². The van der Waals surface area contributed by atoms with Gasteiger partial charge in [0, 0.05) is 16.8 Å². The summed E-state index contributed by atoms with van der Waals surface area (Å²) in [6.45, 7) is 1.32. The Kier molecular flexibility index (Phi) is 5.82. The highest BCUT2D eigenvalue weighted by Gasteiger charge is 2.16. The molecule has 0 unspecified atom stereocenters. The van der Waals surface area contributed by atoms with E-state index in [2.05, 4.69) is 10.0 Å². The minimum atomic E-state index is -3.79. The predicted molar refractivity (Wildman–Crippen MR) is 93.0 cm³/mol. The second-order valence-corrected chi connectivity index (χ2v) is 7.19. The van der Waals surface area contributed by atoms with Gasteiger partial charge in [-0.2, -0.15) is 0 Å². The summed E-state index contributed by atoms with van der Waals surface area (Å²) in [5.41, 5.74) is 1.15. The lowest BCUT2D eigenvalue weighted by Gasteiger charge is -2.09. The van der Waals surface area contributed by atoms with Crippen molar-refractivity contribution in [3.05, 3.63) is 53.1 Å². The first kappa shape index (κ1) is 18.3. The second kappa shape index (κ2) is 7.65. The molecule has 6 nitrogen and oxygen atoms in total. The number of amides is 1. The number of nitrogens with one attached hydrogen (secondary N) is 2. The number of methoxy groups -OCH3 is 1. The van der Waals surface area contributed by atoms with E-state index in [1.165, 1.54) is 25.3 Å². The van der Waals surface area contributed by atoms with Gasteiger partial charge in [0.05, 0.1) is 18.6 Å². The van der Waals surface area contributed by atoms with Crippen LogP contribution in [0.25, 0.3) is 0 Å². The molecule has 0 heterocycles. The number of ether oxygens (including phenoxy) is 1. The van der Waals surface area contributed by atoms with Crippen LogP contribution in [0, 0.1) is 6.92 Å². The smallest absolute Gasteiger partial charge is 0.241 e. The Hall–Kier alpha value is -2.09. The van der Waals surface area contributed by atoms with Gasteiger partial charge >= 0.3 is 0 Å². The molecule has 0 aliphatic rings. The summed E-state index contributed by atoms with van der Waals surface area (Å²) in [5, 5.41) is 3.07. The van der Waals surface area contributed by atoms with Crippen molar-refractivity contribution in [3.63, 3.8) is 0 Å². The average Bonchev–Trinajstić information content (AvgIpc) is 2.55. The topological polar surface area (TPSA) is 84.5 Å². The normalized spacial score (nSPS) is 11.1. The molecule has 24 heavy (non-hydrogen) atoms. The molecule has 2 aromatic carbocycles. The maximum atomic E-state index is 12.2. The molecule has 0 fully saturated rings. The minimum absolute atomic E-state index is 0.0542. The summed E-state index contributed by atoms with van der Waals surface area (Å²) in [5.74, 6) is 0.0996. The number of halogens is 1. The van der Waals surface area contributed by atoms with E-state index < -0.39 is 15.9 Å². The zero-order valence-electron chi connectivity index (χ0n) is 13.2. The first-order valence-electron chi connectivity index (χ1n) is 7.01. The van der Waals surface area contributed by atoms with E-state index in [0.29, 0.717) is 22.0 Å². The molecule has 1 amide bonds. The van der Waals surface area contributed by atoms with Crippen molar-refractivity contribution in [2.75, 3.05) is 19.0 Å². The van der Waals surface area contributed by atoms with Crippen molar-refractivity contribution in [1.82, 2.24) is 4.72 Å². The molecular formula is C16H17ClN2O4S. The molecule has 0 aromatic heterocycles. The Labute approximate surface area is 145 Å². The molecule has 0 spiro atoms. The zero-order valence-corrected chi connectivity index (χ0v) is 14.7. The molecule has 0 saturated heterocycles. The zero-order chi connectivity index (χ0) is 17.7. The molecular weight excluding hydrogens is 352 g/mol. The lowest BCUT2D eigenvalue weighted by Crippen LogP contribution is -2.32. The molecule has 8 heteroatoms. The van der Waals surface area contributed by atoms with Crippen LogP contribution in [0.4, 0.5) is 5.69 Å². The summed E-state index contributed by atoms with van der Waals surface area (Å²) in [6, 6.07) is 11.1. The second-order valence-electron chi connectivity index (χ2n) is 5.02. The van der Waals surface area contributed by atoms with Crippen LogP contribution in [0.3, 0.4) is 0 Å². The molecule has 2 N–H and O–H groups in total. The fourth-order valence-electron chi connectivity index (χ4n) is 1.93. The standard InChI is InChI=1S/C16H17ClN2O4S/c1-11-8-14(6-7-15(11)17)24(21,22)18-10-16(20)19-12-4-3-5-13(9-12)23-2/h3-9,18H,10H2,1-2H3,(H,19,20). The van der Waals surface area contributed by atoms with Crippen molar-refractivity contribution >= 4 is 33.2 Å². The maximum absolute atomic E-state index is 12.2. The van der Waals surface area contributed by atoms with Gasteiger partial charge in [0.1, 0.15) is 5.75 Å². The summed E-state index contributed by atoms with van der Waals surface area (Å²) < 4.78 is 31.7. The van der Waals surface area contributed by atoms with Gasteiger partial charge in [0.25, 0.3) is 0 Å². The molecule has 0 bridgehead atoms. The first-order chi connectivity index (χ1) is 11.3. The number of sulfonamides is 1. The van der Waals surface area contributed by atoms with Crippen LogP contribution in [0.1, 0.15) is 5.56 Å². The fraction of sp³-hybridized carbons (Fsp3) is 0.188. The number of benzene rings is 2. The third kappa shape index (κ3) is 4.70. The Morgan fingerprint density at radius 2 is 1.96 bits per heavy atom. The minimum Gasteiger partial charge on any atom is -0.497 e. The number of carbonyl (C=O) groups is 1. The fourth-order valence-corrected chi connectivity index (χ4v) is 3.12. The van der Waals surface area contributed by atoms with Crippen LogP contribution < -0.4 is 14.8 Å². The monoisotopic (exact) mass is 368 g/mol. The SMILES string of the molecule is COc1cccc(NC(=O)CNS(=O)(=O)c2ccc(Cl)c(C)c2)c1. The molecule has 0 aliphatic carbocycles. The van der Waals surface area contributed by atoms with E-state index in [-0.39, 0.29) is 11.4 Å². The van der Waals surface area contributed by atoms with Gasteiger partial charge in [0.2, 0.25) is 15.9 Å². The number of aryl methyl sites for hydroxylation is 1. The average molecular weight is 369 g/mol. The quantitative estimate of drug-likeness (QED) is 0.820. The summed E-state index contributed by atoms with van der Waals surface area (Å²) in [7, 11) is -2.28. The highest BCUT2D eigenvalue weighted by molar-refractivity contribution is 7.89. The van der Waals surface area contributed by atoms with Gasteiger partial charge < -0.3 is 10.1 Å². The maximum Gasteiger partial charge on any atom is 0.241 e. The molecule has 0 aliphatic heterocycles. The van der Waals surface area contributed by atoms with Crippen LogP contribution in [-0.2, 0) is 14.8 Å². The Bertz CT molecular complexity index is 853. The van der Waals surface area contributed by atoms with E-state index >= 15 is 0 Å². The number of rotatable bonds is 6. The highest BCUT2D eigenvalue weighted by atomic mass is 35.5. The van der Waals surface area contributed by atoms with Crippen molar-refractivity contribution < 1.29 is 17.9 Å². The lowest BCUT2D eigenvalue weighted by atomic mass is 10.2. The Balaban J connectivity index is 2.00. The summed E-state index contributed by atoms with van der Waals surface area (Å²) in [4.78, 5) is 12.0. The van der Waals surface area contributed by atoms with Gasteiger partial charge in [0.15, 0.2) is 0 Å². The Morgan fingerprint density at radius 1 is 1.21 bits per heavy atom.